The third-order valence-electron chi connectivity index (χ3n) is 7.73. The van der Waals surface area contributed by atoms with Crippen molar-refractivity contribution in [2.24, 2.45) is 5.92 Å². The quantitative estimate of drug-likeness (QED) is 0.0995. The monoisotopic (exact) mass is 493 g/mol. The predicted molar refractivity (Wildman–Crippen MR) is 149 cm³/mol. The number of carbonyl (C=O) groups is 2. The molecule has 1 amide bonds. The molecule has 1 saturated heterocycles. The Hall–Kier alpha value is -1.06. The zero-order valence-corrected chi connectivity index (χ0v) is 23.8. The normalized spacial score (nSPS) is 17.9. The Morgan fingerprint density at radius 1 is 0.686 bits per heavy atom. The minimum Gasteiger partial charge on any atom is -0.465 e. The molecular weight excluding hydrogens is 434 g/mol. The number of amides is 1. The van der Waals surface area contributed by atoms with Crippen molar-refractivity contribution in [1.29, 1.82) is 0 Å². The number of nitrogens with zero attached hydrogens (tertiary/aromatic N) is 1. The number of esters is 1. The lowest BCUT2D eigenvalue weighted by Crippen LogP contribution is -2.38. The van der Waals surface area contributed by atoms with E-state index in [4.69, 9.17) is 4.74 Å². The Labute approximate surface area is 218 Å². The van der Waals surface area contributed by atoms with E-state index in [9.17, 15) is 9.59 Å². The van der Waals surface area contributed by atoms with Crippen molar-refractivity contribution < 1.29 is 14.3 Å². The minimum absolute atomic E-state index is 0.0483. The molecule has 0 aliphatic carbocycles. The van der Waals surface area contributed by atoms with Gasteiger partial charge in [0.05, 0.1) is 12.5 Å². The fraction of sp³-hybridized carbons (Fsp3) is 0.935. The van der Waals surface area contributed by atoms with Crippen LogP contribution in [0, 0.1) is 5.92 Å². The maximum atomic E-state index is 12.9. The topological polar surface area (TPSA) is 46.6 Å². The lowest BCUT2D eigenvalue weighted by molar-refractivity contribution is -0.149. The Balaban J connectivity index is 2.26. The van der Waals surface area contributed by atoms with E-state index in [-0.39, 0.29) is 23.8 Å². The molecule has 1 fully saturated rings. The summed E-state index contributed by atoms with van der Waals surface area (Å²) in [5.41, 5.74) is 0. The first-order chi connectivity index (χ1) is 17.2. The fourth-order valence-electron chi connectivity index (χ4n) is 5.43. The molecule has 4 nitrogen and oxygen atoms in total. The standard InChI is InChI=1S/C31H59NO3/c1-4-7-10-12-14-16-17-19-21-23-26-35-31(34)28-27-30(33)32(29(28)24-9-6-3)25-22-20-18-15-13-11-8-5-2/h28-29H,4-27H2,1-3H3. The van der Waals surface area contributed by atoms with E-state index in [1.165, 1.54) is 96.3 Å². The fourth-order valence-corrected chi connectivity index (χ4v) is 5.43. The van der Waals surface area contributed by atoms with Crippen LogP contribution >= 0.6 is 0 Å². The molecule has 0 saturated carbocycles. The summed E-state index contributed by atoms with van der Waals surface area (Å²) in [5.74, 6) is -0.227. The van der Waals surface area contributed by atoms with Crippen LogP contribution in [0.2, 0.25) is 0 Å². The van der Waals surface area contributed by atoms with Gasteiger partial charge in [0, 0.05) is 19.0 Å². The second-order valence-electron chi connectivity index (χ2n) is 10.9. The van der Waals surface area contributed by atoms with E-state index in [2.05, 4.69) is 20.8 Å². The summed E-state index contributed by atoms with van der Waals surface area (Å²) in [6.45, 7) is 8.01. The van der Waals surface area contributed by atoms with Gasteiger partial charge in [-0.1, -0.05) is 136 Å². The number of ether oxygens (including phenoxy) is 1. The first kappa shape index (κ1) is 32.0. The van der Waals surface area contributed by atoms with Gasteiger partial charge in [0.2, 0.25) is 5.91 Å². The molecule has 1 heterocycles. The van der Waals surface area contributed by atoms with Crippen molar-refractivity contribution in [2.45, 2.75) is 168 Å². The zero-order valence-electron chi connectivity index (χ0n) is 23.8. The third-order valence-corrected chi connectivity index (χ3v) is 7.73. The Bertz CT molecular complexity index is 521. The summed E-state index contributed by atoms with van der Waals surface area (Å²) in [5, 5.41) is 0. The molecule has 2 atom stereocenters. The van der Waals surface area contributed by atoms with Crippen molar-refractivity contribution in [2.75, 3.05) is 13.2 Å². The van der Waals surface area contributed by atoms with Crippen LogP contribution in [0.25, 0.3) is 0 Å². The molecule has 0 bridgehead atoms. The first-order valence-electron chi connectivity index (χ1n) is 15.6. The largest absolute Gasteiger partial charge is 0.465 e. The second kappa shape index (κ2) is 22.2. The minimum atomic E-state index is -0.258. The van der Waals surface area contributed by atoms with Gasteiger partial charge in [0.25, 0.3) is 0 Å². The van der Waals surface area contributed by atoms with Crippen LogP contribution < -0.4 is 0 Å². The molecule has 4 heteroatoms. The average molecular weight is 494 g/mol. The molecular formula is C31H59NO3. The van der Waals surface area contributed by atoms with Crippen molar-refractivity contribution in [3.8, 4) is 0 Å². The highest BCUT2D eigenvalue weighted by Crippen LogP contribution is 2.31. The van der Waals surface area contributed by atoms with Crippen molar-refractivity contribution in [3.63, 3.8) is 0 Å². The Kier molecular flexibility index (Phi) is 20.2. The molecule has 0 spiro atoms. The number of rotatable bonds is 24. The maximum absolute atomic E-state index is 12.9. The van der Waals surface area contributed by atoms with Crippen molar-refractivity contribution in [3.05, 3.63) is 0 Å². The molecule has 1 rings (SSSR count). The summed E-state index contributed by atoms with van der Waals surface area (Å²) in [6, 6.07) is 0.0483. The summed E-state index contributed by atoms with van der Waals surface area (Å²) in [7, 11) is 0. The van der Waals surface area contributed by atoms with Crippen LogP contribution in [0.15, 0.2) is 0 Å². The van der Waals surface area contributed by atoms with Crippen molar-refractivity contribution in [1.82, 2.24) is 4.90 Å². The van der Waals surface area contributed by atoms with Gasteiger partial charge in [0.15, 0.2) is 0 Å². The summed E-state index contributed by atoms with van der Waals surface area (Å²) < 4.78 is 5.68. The van der Waals surface area contributed by atoms with Gasteiger partial charge in [-0.15, -0.1) is 0 Å². The van der Waals surface area contributed by atoms with E-state index >= 15 is 0 Å². The molecule has 0 aromatic heterocycles. The third kappa shape index (κ3) is 14.9. The number of unbranched alkanes of at least 4 members (excludes halogenated alkanes) is 17. The molecule has 1 aliphatic rings. The van der Waals surface area contributed by atoms with E-state index in [0.29, 0.717) is 13.0 Å². The van der Waals surface area contributed by atoms with Crippen LogP contribution in [0.3, 0.4) is 0 Å². The van der Waals surface area contributed by atoms with Crippen LogP contribution in [0.4, 0.5) is 0 Å². The highest BCUT2D eigenvalue weighted by Gasteiger charge is 2.43. The highest BCUT2D eigenvalue weighted by atomic mass is 16.5. The SMILES string of the molecule is CCCCCCCCCCCCOC(=O)C1CC(=O)N(CCCCCCCCCC)C1CCCC. The average Bonchev–Trinajstić information content (AvgIpc) is 3.17. The van der Waals surface area contributed by atoms with E-state index in [1.807, 2.05) is 4.90 Å². The van der Waals surface area contributed by atoms with Gasteiger partial charge >= 0.3 is 5.97 Å². The summed E-state index contributed by atoms with van der Waals surface area (Å²) >= 11 is 0. The Morgan fingerprint density at radius 3 is 1.66 bits per heavy atom. The molecule has 0 aromatic rings. The van der Waals surface area contributed by atoms with E-state index in [1.54, 1.807) is 0 Å². The lowest BCUT2D eigenvalue weighted by Gasteiger charge is -2.27. The van der Waals surface area contributed by atoms with Crippen LogP contribution in [0.5, 0.6) is 0 Å². The predicted octanol–water partition coefficient (Wildman–Crippen LogP) is 9.00. The maximum Gasteiger partial charge on any atom is 0.311 e. The number of carbonyl (C=O) groups excluding carboxylic acids is 2. The van der Waals surface area contributed by atoms with Gasteiger partial charge in [0.1, 0.15) is 0 Å². The summed E-state index contributed by atoms with van der Waals surface area (Å²) in [4.78, 5) is 27.7. The first-order valence-corrected chi connectivity index (χ1v) is 15.6. The van der Waals surface area contributed by atoms with Gasteiger partial charge in [-0.3, -0.25) is 9.59 Å². The second-order valence-corrected chi connectivity index (χ2v) is 10.9. The van der Waals surface area contributed by atoms with Gasteiger partial charge < -0.3 is 9.64 Å². The van der Waals surface area contributed by atoms with Crippen molar-refractivity contribution >= 4 is 11.9 Å². The number of likely N-dealkylation sites (tertiary alicyclic amines) is 1. The van der Waals surface area contributed by atoms with Gasteiger partial charge in [-0.05, 0) is 19.3 Å². The van der Waals surface area contributed by atoms with Gasteiger partial charge in [-0.2, -0.15) is 0 Å². The Morgan fingerprint density at radius 2 is 1.14 bits per heavy atom. The van der Waals surface area contributed by atoms with Crippen LogP contribution in [-0.4, -0.2) is 36.0 Å². The zero-order chi connectivity index (χ0) is 25.6. The van der Waals surface area contributed by atoms with Gasteiger partial charge in [-0.25, -0.2) is 0 Å². The molecule has 35 heavy (non-hydrogen) atoms. The molecule has 206 valence electrons. The summed E-state index contributed by atoms with van der Waals surface area (Å²) in [6.07, 6.45) is 26.3. The van der Waals surface area contributed by atoms with Crippen LogP contribution in [-0.2, 0) is 14.3 Å². The van der Waals surface area contributed by atoms with E-state index < -0.39 is 0 Å². The molecule has 1 aliphatic heterocycles. The molecule has 0 aromatic carbocycles. The highest BCUT2D eigenvalue weighted by molar-refractivity contribution is 5.87. The molecule has 2 unspecified atom stereocenters. The van der Waals surface area contributed by atoms with E-state index in [0.717, 1.165) is 45.1 Å². The smallest absolute Gasteiger partial charge is 0.311 e. The van der Waals surface area contributed by atoms with Crippen LogP contribution in [0.1, 0.15) is 162 Å². The molecule has 0 radical (unpaired) electrons. The number of hydrogen-bond donors (Lipinski definition) is 0. The number of hydrogen-bond acceptors (Lipinski definition) is 3. The molecule has 0 N–H and O–H groups in total. The lowest BCUT2D eigenvalue weighted by atomic mass is 9.95.